The van der Waals surface area contributed by atoms with Crippen LogP contribution in [0.15, 0.2) is 60.8 Å². The van der Waals surface area contributed by atoms with Gasteiger partial charge < -0.3 is 14.2 Å². The van der Waals surface area contributed by atoms with E-state index < -0.39 is 6.10 Å². The average Bonchev–Trinajstić information content (AvgIpc) is 3.31. The normalized spacial score (nSPS) is 12.5. The van der Waals surface area contributed by atoms with Crippen LogP contribution in [-0.2, 0) is 28.6 Å². The number of hydrogen-bond donors (Lipinski definition) is 0. The average molecular weight is 924 g/mol. The van der Waals surface area contributed by atoms with Gasteiger partial charge in [0.25, 0.3) is 0 Å². The summed E-state index contributed by atoms with van der Waals surface area (Å²) in [6.07, 6.45) is 67.8. The van der Waals surface area contributed by atoms with E-state index in [1.165, 1.54) is 161 Å². The summed E-state index contributed by atoms with van der Waals surface area (Å²) in [4.78, 5) is 38.1. The summed E-state index contributed by atoms with van der Waals surface area (Å²) in [5.41, 5.74) is 0. The first kappa shape index (κ1) is 63.1. The lowest BCUT2D eigenvalue weighted by atomic mass is 10.0. The van der Waals surface area contributed by atoms with Gasteiger partial charge >= 0.3 is 17.9 Å². The van der Waals surface area contributed by atoms with E-state index in [-0.39, 0.29) is 37.5 Å². The van der Waals surface area contributed by atoms with Gasteiger partial charge in [0.15, 0.2) is 6.10 Å². The molecule has 0 aliphatic rings. The summed E-state index contributed by atoms with van der Waals surface area (Å²) in [7, 11) is 0. The van der Waals surface area contributed by atoms with Crippen LogP contribution in [0.3, 0.4) is 0 Å². The molecule has 1 atom stereocenters. The first-order valence-corrected chi connectivity index (χ1v) is 28.3. The number of allylic oxidation sites excluding steroid dienone is 10. The molecule has 0 aliphatic carbocycles. The third-order valence-corrected chi connectivity index (χ3v) is 12.3. The molecule has 0 fully saturated rings. The molecule has 6 nitrogen and oxygen atoms in total. The molecule has 6 heteroatoms. The molecule has 0 aromatic carbocycles. The number of unbranched alkanes of at least 4 members (excludes halogenated alkanes) is 30. The van der Waals surface area contributed by atoms with Crippen molar-refractivity contribution in [1.82, 2.24) is 0 Å². The van der Waals surface area contributed by atoms with Crippen LogP contribution in [0.5, 0.6) is 0 Å². The van der Waals surface area contributed by atoms with Crippen LogP contribution < -0.4 is 0 Å². The molecule has 0 amide bonds. The molecule has 382 valence electrons. The lowest BCUT2D eigenvalue weighted by Crippen LogP contribution is -2.30. The Kier molecular flexibility index (Phi) is 52.3. The van der Waals surface area contributed by atoms with Crippen LogP contribution >= 0.6 is 0 Å². The van der Waals surface area contributed by atoms with E-state index in [9.17, 15) is 14.4 Å². The fraction of sp³-hybridized carbons (Fsp3) is 0.783. The Bertz CT molecular complexity index is 1200. The topological polar surface area (TPSA) is 78.9 Å². The Labute approximate surface area is 409 Å². The van der Waals surface area contributed by atoms with Crippen molar-refractivity contribution in [3.63, 3.8) is 0 Å². The third-order valence-electron chi connectivity index (χ3n) is 12.3. The molecule has 0 aliphatic heterocycles. The van der Waals surface area contributed by atoms with E-state index >= 15 is 0 Å². The largest absolute Gasteiger partial charge is 0.462 e. The minimum atomic E-state index is -0.793. The minimum Gasteiger partial charge on any atom is -0.462 e. The van der Waals surface area contributed by atoms with Gasteiger partial charge in [-0.2, -0.15) is 0 Å². The van der Waals surface area contributed by atoms with Gasteiger partial charge in [-0.1, -0.05) is 268 Å². The van der Waals surface area contributed by atoms with Gasteiger partial charge in [-0.15, -0.1) is 0 Å². The maximum atomic E-state index is 12.8. The molecule has 0 unspecified atom stereocenters. The predicted molar refractivity (Wildman–Crippen MR) is 284 cm³/mol. The monoisotopic (exact) mass is 923 g/mol. The van der Waals surface area contributed by atoms with Gasteiger partial charge in [-0.05, 0) is 57.8 Å². The molecule has 0 saturated heterocycles. The number of esters is 3. The molecule has 0 heterocycles. The number of rotatable bonds is 51. The first-order valence-electron chi connectivity index (χ1n) is 28.3. The summed E-state index contributed by atoms with van der Waals surface area (Å²) in [5.74, 6) is -0.935. The Morgan fingerprint density at radius 2 is 0.591 bits per heavy atom. The van der Waals surface area contributed by atoms with Crippen molar-refractivity contribution in [2.75, 3.05) is 13.2 Å². The Morgan fingerprint density at radius 1 is 0.318 bits per heavy atom. The number of hydrogen-bond acceptors (Lipinski definition) is 6. The van der Waals surface area contributed by atoms with E-state index in [1.54, 1.807) is 0 Å². The first-order chi connectivity index (χ1) is 32.5. The second kappa shape index (κ2) is 54.7. The smallest absolute Gasteiger partial charge is 0.306 e. The second-order valence-corrected chi connectivity index (χ2v) is 18.8. The van der Waals surface area contributed by atoms with E-state index in [1.807, 2.05) is 0 Å². The van der Waals surface area contributed by atoms with Gasteiger partial charge in [-0.25, -0.2) is 0 Å². The summed E-state index contributed by atoms with van der Waals surface area (Å²) in [6, 6.07) is 0. The Hall–Kier alpha value is -2.89. The van der Waals surface area contributed by atoms with Crippen LogP contribution in [-0.4, -0.2) is 37.2 Å². The molecule has 0 aromatic rings. The van der Waals surface area contributed by atoms with Crippen LogP contribution in [0.25, 0.3) is 0 Å². The van der Waals surface area contributed by atoms with Crippen molar-refractivity contribution in [2.45, 2.75) is 290 Å². The van der Waals surface area contributed by atoms with E-state index in [0.717, 1.165) is 77.0 Å². The molecule has 0 N–H and O–H groups in total. The van der Waals surface area contributed by atoms with Crippen LogP contribution in [0.4, 0.5) is 0 Å². The zero-order chi connectivity index (χ0) is 47.9. The highest BCUT2D eigenvalue weighted by molar-refractivity contribution is 5.71. The highest BCUT2D eigenvalue weighted by Gasteiger charge is 2.19. The molecule has 0 spiro atoms. The summed E-state index contributed by atoms with van der Waals surface area (Å²) in [6.45, 7) is 6.51. The Balaban J connectivity index is 4.43. The maximum Gasteiger partial charge on any atom is 0.306 e. The quantitative estimate of drug-likeness (QED) is 0.0262. The van der Waals surface area contributed by atoms with E-state index in [2.05, 4.69) is 81.5 Å². The molecule has 0 radical (unpaired) electrons. The minimum absolute atomic E-state index is 0.0878. The van der Waals surface area contributed by atoms with Crippen molar-refractivity contribution < 1.29 is 28.6 Å². The fourth-order valence-corrected chi connectivity index (χ4v) is 8.07. The molecule has 0 rings (SSSR count). The van der Waals surface area contributed by atoms with Gasteiger partial charge in [0.2, 0.25) is 0 Å². The number of ether oxygens (including phenoxy) is 3. The maximum absolute atomic E-state index is 12.8. The SMILES string of the molecule is CC/C=C\C/C=C\C/C=C\C/C=C\C/C=C\CCCC(=O)OC[C@@H](COC(=O)CCCCCCCCCCCCCCCC)OC(=O)CCCCCCCCCCCCCCCCCCC. The zero-order valence-electron chi connectivity index (χ0n) is 43.7. The summed E-state index contributed by atoms with van der Waals surface area (Å²) >= 11 is 0. The zero-order valence-corrected chi connectivity index (χ0v) is 43.7. The molecular weight excluding hydrogens is 817 g/mol. The van der Waals surface area contributed by atoms with E-state index in [4.69, 9.17) is 14.2 Å². The van der Waals surface area contributed by atoms with Crippen LogP contribution in [0.2, 0.25) is 0 Å². The van der Waals surface area contributed by atoms with Crippen molar-refractivity contribution in [1.29, 1.82) is 0 Å². The van der Waals surface area contributed by atoms with Gasteiger partial charge in [-0.3, -0.25) is 14.4 Å². The molecule has 0 aromatic heterocycles. The number of carbonyl (C=O) groups is 3. The third kappa shape index (κ3) is 52.1. The summed E-state index contributed by atoms with van der Waals surface area (Å²) < 4.78 is 16.8. The highest BCUT2D eigenvalue weighted by atomic mass is 16.6. The predicted octanol–water partition coefficient (Wildman–Crippen LogP) is 18.8. The van der Waals surface area contributed by atoms with Gasteiger partial charge in [0.05, 0.1) is 0 Å². The second-order valence-electron chi connectivity index (χ2n) is 18.8. The van der Waals surface area contributed by atoms with Crippen molar-refractivity contribution in [3.05, 3.63) is 60.8 Å². The molecule has 0 bridgehead atoms. The van der Waals surface area contributed by atoms with Crippen LogP contribution in [0, 0.1) is 0 Å². The van der Waals surface area contributed by atoms with E-state index in [0.29, 0.717) is 19.3 Å². The molecular formula is C60H106O6. The Morgan fingerprint density at radius 3 is 0.924 bits per heavy atom. The number of carbonyl (C=O) groups excluding carboxylic acids is 3. The standard InChI is InChI=1S/C60H106O6/c1-4-7-10-13-16-19-22-25-28-30-32-35-38-41-44-47-50-53-59(62)65-56-57(55-64-58(61)52-49-46-43-40-37-34-27-24-21-18-15-12-9-6-3)66-60(63)54-51-48-45-42-39-36-33-31-29-26-23-20-17-14-11-8-5-2/h7,10,16,19,25,28,32,35,41,44,57H,4-6,8-9,11-15,17-18,20-24,26-27,29-31,33-34,36-40,42-43,45-56H2,1-3H3/b10-7-,19-16-,28-25-,35-32-,44-41-/t57-/m1/s1. The lowest BCUT2D eigenvalue weighted by molar-refractivity contribution is -0.167. The molecule has 0 saturated carbocycles. The van der Waals surface area contributed by atoms with Gasteiger partial charge in [0.1, 0.15) is 13.2 Å². The van der Waals surface area contributed by atoms with Gasteiger partial charge in [0, 0.05) is 19.3 Å². The van der Waals surface area contributed by atoms with Crippen molar-refractivity contribution in [3.8, 4) is 0 Å². The molecule has 66 heavy (non-hydrogen) atoms. The lowest BCUT2D eigenvalue weighted by Gasteiger charge is -2.18. The van der Waals surface area contributed by atoms with Crippen molar-refractivity contribution >= 4 is 17.9 Å². The van der Waals surface area contributed by atoms with Crippen molar-refractivity contribution in [2.24, 2.45) is 0 Å². The summed E-state index contributed by atoms with van der Waals surface area (Å²) in [5, 5.41) is 0. The fourth-order valence-electron chi connectivity index (χ4n) is 8.07. The van der Waals surface area contributed by atoms with Crippen LogP contribution in [0.1, 0.15) is 284 Å². The highest BCUT2D eigenvalue weighted by Crippen LogP contribution is 2.16.